The molecule has 0 saturated carbocycles. The van der Waals surface area contributed by atoms with Crippen LogP contribution in [0, 0.1) is 0 Å². The van der Waals surface area contributed by atoms with Crippen molar-refractivity contribution in [1.29, 1.82) is 0 Å². The summed E-state index contributed by atoms with van der Waals surface area (Å²) in [7, 11) is 0. The first-order valence-corrected chi connectivity index (χ1v) is 5.41. The highest BCUT2D eigenvalue weighted by Gasteiger charge is 1.98. The number of hydrogen-bond donors (Lipinski definition) is 0. The number of thiazole rings is 1. The molecule has 0 aliphatic carbocycles. The van der Waals surface area contributed by atoms with Crippen LogP contribution in [0.5, 0.6) is 0 Å². The van der Waals surface area contributed by atoms with Crippen molar-refractivity contribution in [3.8, 4) is 11.3 Å². The Labute approximate surface area is 86.0 Å². The summed E-state index contributed by atoms with van der Waals surface area (Å²) < 4.78 is 0. The van der Waals surface area contributed by atoms with Crippen molar-refractivity contribution >= 4 is 22.9 Å². The molecule has 0 amide bonds. The highest BCUT2D eigenvalue weighted by Crippen LogP contribution is 2.19. The molecule has 0 atom stereocenters. The maximum atomic E-state index is 5.69. The molecule has 0 aliphatic rings. The zero-order chi connectivity index (χ0) is 9.10. The standard InChI is InChI=1S/C10H8ClNS/c11-5-8-1-3-9(4-2-8)10-6-13-7-12-10/h1-4,6-7H,5H2. The Bertz CT molecular complexity index is 366. The van der Waals surface area contributed by atoms with Crippen molar-refractivity contribution in [2.75, 3.05) is 0 Å². The summed E-state index contributed by atoms with van der Waals surface area (Å²) in [5.41, 5.74) is 5.16. The van der Waals surface area contributed by atoms with E-state index in [1.165, 1.54) is 0 Å². The summed E-state index contributed by atoms with van der Waals surface area (Å²) in [4.78, 5) is 4.23. The number of nitrogens with zero attached hydrogens (tertiary/aromatic N) is 1. The molecule has 1 aromatic heterocycles. The van der Waals surface area contributed by atoms with E-state index >= 15 is 0 Å². The van der Waals surface area contributed by atoms with E-state index in [1.807, 2.05) is 35.2 Å². The van der Waals surface area contributed by atoms with E-state index in [0.717, 1.165) is 16.8 Å². The molecule has 0 N–H and O–H groups in total. The van der Waals surface area contributed by atoms with Crippen LogP contribution in [0.25, 0.3) is 11.3 Å². The van der Waals surface area contributed by atoms with Crippen LogP contribution >= 0.6 is 22.9 Å². The molecule has 0 bridgehead atoms. The minimum absolute atomic E-state index is 0.567. The molecule has 0 unspecified atom stereocenters. The van der Waals surface area contributed by atoms with Gasteiger partial charge in [-0.15, -0.1) is 22.9 Å². The number of rotatable bonds is 2. The van der Waals surface area contributed by atoms with Crippen molar-refractivity contribution in [3.63, 3.8) is 0 Å². The third-order valence-electron chi connectivity index (χ3n) is 1.84. The summed E-state index contributed by atoms with van der Waals surface area (Å²) in [6.45, 7) is 0. The Balaban J connectivity index is 2.33. The number of aromatic nitrogens is 1. The molecule has 0 radical (unpaired) electrons. The van der Waals surface area contributed by atoms with Gasteiger partial charge in [-0.2, -0.15) is 0 Å². The van der Waals surface area contributed by atoms with Crippen molar-refractivity contribution < 1.29 is 0 Å². The maximum absolute atomic E-state index is 5.69. The molecule has 1 nitrogen and oxygen atoms in total. The minimum atomic E-state index is 0.567. The van der Waals surface area contributed by atoms with E-state index in [4.69, 9.17) is 11.6 Å². The first-order valence-electron chi connectivity index (χ1n) is 3.93. The van der Waals surface area contributed by atoms with Crippen LogP contribution < -0.4 is 0 Å². The topological polar surface area (TPSA) is 12.9 Å². The Kier molecular flexibility index (Phi) is 2.62. The number of halogens is 1. The van der Waals surface area contributed by atoms with Crippen LogP contribution in [-0.2, 0) is 5.88 Å². The molecule has 0 fully saturated rings. The van der Waals surface area contributed by atoms with E-state index in [1.54, 1.807) is 11.3 Å². The summed E-state index contributed by atoms with van der Waals surface area (Å²) in [5, 5.41) is 2.04. The molecule has 3 heteroatoms. The Morgan fingerprint density at radius 1 is 1.23 bits per heavy atom. The number of benzene rings is 1. The SMILES string of the molecule is ClCc1ccc(-c2cscn2)cc1. The average molecular weight is 210 g/mol. The monoisotopic (exact) mass is 209 g/mol. The molecule has 0 spiro atoms. The zero-order valence-electron chi connectivity index (χ0n) is 6.90. The highest BCUT2D eigenvalue weighted by atomic mass is 35.5. The fourth-order valence-electron chi connectivity index (χ4n) is 1.12. The van der Waals surface area contributed by atoms with Gasteiger partial charge in [-0.25, -0.2) is 4.98 Å². The maximum Gasteiger partial charge on any atom is 0.0811 e. The van der Waals surface area contributed by atoms with Gasteiger partial charge in [0.25, 0.3) is 0 Å². The third kappa shape index (κ3) is 1.90. The van der Waals surface area contributed by atoms with Crippen LogP contribution in [0.4, 0.5) is 0 Å². The molecule has 0 saturated heterocycles. The average Bonchev–Trinajstić information content (AvgIpc) is 2.71. The van der Waals surface area contributed by atoms with Gasteiger partial charge < -0.3 is 0 Å². The van der Waals surface area contributed by atoms with Crippen LogP contribution in [0.3, 0.4) is 0 Å². The van der Waals surface area contributed by atoms with E-state index in [2.05, 4.69) is 4.98 Å². The second kappa shape index (κ2) is 3.90. The normalized spacial score (nSPS) is 10.2. The minimum Gasteiger partial charge on any atom is -0.245 e. The fraction of sp³-hybridized carbons (Fsp3) is 0.100. The predicted octanol–water partition coefficient (Wildman–Crippen LogP) is 3.55. The first-order chi connectivity index (χ1) is 6.40. The Morgan fingerprint density at radius 3 is 2.54 bits per heavy atom. The predicted molar refractivity (Wildman–Crippen MR) is 57.1 cm³/mol. The van der Waals surface area contributed by atoms with Gasteiger partial charge in [0.05, 0.1) is 11.2 Å². The number of hydrogen-bond acceptors (Lipinski definition) is 2. The third-order valence-corrected chi connectivity index (χ3v) is 2.73. The second-order valence-corrected chi connectivity index (χ2v) is 3.69. The smallest absolute Gasteiger partial charge is 0.0811 e. The summed E-state index contributed by atoms with van der Waals surface area (Å²) in [6, 6.07) is 8.16. The lowest BCUT2D eigenvalue weighted by Crippen LogP contribution is -1.79. The molecule has 2 rings (SSSR count). The molecular weight excluding hydrogens is 202 g/mol. The van der Waals surface area contributed by atoms with Gasteiger partial charge in [-0.1, -0.05) is 24.3 Å². The quantitative estimate of drug-likeness (QED) is 0.690. The van der Waals surface area contributed by atoms with Gasteiger partial charge in [-0.05, 0) is 5.56 Å². The van der Waals surface area contributed by atoms with Crippen molar-refractivity contribution in [1.82, 2.24) is 4.98 Å². The largest absolute Gasteiger partial charge is 0.245 e. The summed E-state index contributed by atoms with van der Waals surface area (Å²) in [6.07, 6.45) is 0. The Hall–Kier alpha value is -0.860. The van der Waals surface area contributed by atoms with Crippen molar-refractivity contribution in [3.05, 3.63) is 40.7 Å². The second-order valence-electron chi connectivity index (χ2n) is 2.70. The number of alkyl halides is 1. The zero-order valence-corrected chi connectivity index (χ0v) is 8.48. The highest BCUT2D eigenvalue weighted by molar-refractivity contribution is 7.07. The van der Waals surface area contributed by atoms with E-state index < -0.39 is 0 Å². The van der Waals surface area contributed by atoms with Crippen LogP contribution in [0.2, 0.25) is 0 Å². The van der Waals surface area contributed by atoms with Crippen molar-refractivity contribution in [2.24, 2.45) is 0 Å². The van der Waals surface area contributed by atoms with Crippen LogP contribution in [0.15, 0.2) is 35.2 Å². The molecule has 13 heavy (non-hydrogen) atoms. The van der Waals surface area contributed by atoms with Crippen molar-refractivity contribution in [2.45, 2.75) is 5.88 Å². The van der Waals surface area contributed by atoms with E-state index in [-0.39, 0.29) is 0 Å². The van der Waals surface area contributed by atoms with Gasteiger partial charge in [0.1, 0.15) is 0 Å². The molecule has 1 heterocycles. The summed E-state index contributed by atoms with van der Waals surface area (Å²) in [5.74, 6) is 0.567. The molecule has 0 aliphatic heterocycles. The van der Waals surface area contributed by atoms with E-state index in [0.29, 0.717) is 5.88 Å². The van der Waals surface area contributed by atoms with Gasteiger partial charge in [0.15, 0.2) is 0 Å². The van der Waals surface area contributed by atoms with Gasteiger partial charge in [0, 0.05) is 16.8 Å². The molecule has 1 aromatic carbocycles. The molecule has 2 aromatic rings. The van der Waals surface area contributed by atoms with Gasteiger partial charge >= 0.3 is 0 Å². The van der Waals surface area contributed by atoms with Gasteiger partial charge in [0.2, 0.25) is 0 Å². The first kappa shape index (κ1) is 8.73. The summed E-state index contributed by atoms with van der Waals surface area (Å²) >= 11 is 7.30. The molecule has 66 valence electrons. The lowest BCUT2D eigenvalue weighted by atomic mass is 10.1. The van der Waals surface area contributed by atoms with Gasteiger partial charge in [-0.3, -0.25) is 0 Å². The lowest BCUT2D eigenvalue weighted by molar-refractivity contribution is 1.37. The van der Waals surface area contributed by atoms with Crippen LogP contribution in [0.1, 0.15) is 5.56 Å². The fourth-order valence-corrected chi connectivity index (χ4v) is 1.86. The Morgan fingerprint density at radius 2 is 2.00 bits per heavy atom. The van der Waals surface area contributed by atoms with Crippen LogP contribution in [-0.4, -0.2) is 4.98 Å². The lowest BCUT2D eigenvalue weighted by Gasteiger charge is -1.97. The van der Waals surface area contributed by atoms with E-state index in [9.17, 15) is 0 Å². The molecular formula is C10H8ClNS.